The number of carbonyl (C=O) groups is 6. The van der Waals surface area contributed by atoms with Gasteiger partial charge in [-0.3, -0.25) is 23.9 Å². The van der Waals surface area contributed by atoms with Crippen molar-refractivity contribution in [3.05, 3.63) is 47.5 Å². The Morgan fingerprint density at radius 1 is 1.04 bits per heavy atom. The van der Waals surface area contributed by atoms with Crippen LogP contribution in [0.15, 0.2) is 36.4 Å². The van der Waals surface area contributed by atoms with Gasteiger partial charge in [0, 0.05) is 17.9 Å². The number of alkyl carbamates (subject to hydrolysis) is 1. The highest BCUT2D eigenvalue weighted by atomic mass is 32.2. The molecule has 14 nitrogen and oxygen atoms in total. The van der Waals surface area contributed by atoms with Gasteiger partial charge in [0.05, 0.1) is 17.4 Å². The van der Waals surface area contributed by atoms with E-state index in [1.54, 1.807) is 20.8 Å². The van der Waals surface area contributed by atoms with E-state index in [2.05, 4.69) is 15.4 Å². The first-order chi connectivity index (χ1) is 23.1. The lowest BCUT2D eigenvalue weighted by molar-refractivity contribution is -0.141. The smallest absolute Gasteiger partial charge is 0.408 e. The number of rotatable bonds is 7. The van der Waals surface area contributed by atoms with Gasteiger partial charge in [0.15, 0.2) is 0 Å². The Hall–Kier alpha value is -4.27. The Labute approximate surface area is 285 Å². The van der Waals surface area contributed by atoms with Crippen molar-refractivity contribution in [2.24, 2.45) is 5.92 Å². The van der Waals surface area contributed by atoms with Crippen LogP contribution in [0, 0.1) is 5.92 Å². The predicted molar refractivity (Wildman–Crippen MR) is 176 cm³/mol. The topological polar surface area (TPSA) is 194 Å². The summed E-state index contributed by atoms with van der Waals surface area (Å²) in [7, 11) is -3.91. The van der Waals surface area contributed by atoms with Crippen LogP contribution in [0.5, 0.6) is 0 Å². The summed E-state index contributed by atoms with van der Waals surface area (Å²) in [5.41, 5.74) is -1.85. The molecule has 0 bridgehead atoms. The number of ether oxygens (including phenoxy) is 2. The number of aldehydes is 1. The molecule has 1 saturated heterocycles. The van der Waals surface area contributed by atoms with Crippen molar-refractivity contribution in [1.82, 2.24) is 20.3 Å². The molecule has 49 heavy (non-hydrogen) atoms. The second-order valence-corrected chi connectivity index (χ2v) is 16.2. The van der Waals surface area contributed by atoms with Crippen molar-refractivity contribution < 1.29 is 46.7 Å². The predicted octanol–water partition coefficient (Wildman–Crippen LogP) is 2.52. The number of esters is 1. The lowest BCUT2D eigenvalue weighted by atomic mass is 10.0. The maximum atomic E-state index is 14.2. The van der Waals surface area contributed by atoms with E-state index in [1.807, 2.05) is 12.2 Å². The van der Waals surface area contributed by atoms with Gasteiger partial charge in [-0.15, -0.1) is 0 Å². The van der Waals surface area contributed by atoms with Crippen molar-refractivity contribution in [3.8, 4) is 0 Å². The van der Waals surface area contributed by atoms with E-state index in [1.165, 1.54) is 29.2 Å². The highest BCUT2D eigenvalue weighted by molar-refractivity contribution is 7.91. The van der Waals surface area contributed by atoms with Gasteiger partial charge in [-0.2, -0.15) is 0 Å². The first kappa shape index (κ1) is 36.0. The van der Waals surface area contributed by atoms with Gasteiger partial charge in [0.2, 0.25) is 21.8 Å². The average Bonchev–Trinajstić information content (AvgIpc) is 3.95. The summed E-state index contributed by atoms with van der Waals surface area (Å²) in [6.07, 6.45) is 6.55. The number of amides is 4. The number of fused-ring (bicyclic) bond motifs is 2. The van der Waals surface area contributed by atoms with Crippen molar-refractivity contribution in [2.75, 3.05) is 6.54 Å². The Morgan fingerprint density at radius 2 is 1.76 bits per heavy atom. The van der Waals surface area contributed by atoms with E-state index in [-0.39, 0.29) is 31.4 Å². The molecule has 15 heteroatoms. The number of benzene rings is 1. The lowest BCUT2D eigenvalue weighted by Crippen LogP contribution is -2.58. The number of nitrogens with one attached hydrogen (secondary N) is 3. The highest BCUT2D eigenvalue weighted by Gasteiger charge is 2.62. The summed E-state index contributed by atoms with van der Waals surface area (Å²) in [5, 5.41) is 4.77. The molecule has 2 aliphatic carbocycles. The van der Waals surface area contributed by atoms with Crippen LogP contribution in [-0.2, 0) is 33.9 Å². The van der Waals surface area contributed by atoms with E-state index in [4.69, 9.17) is 9.47 Å². The molecular weight excluding hydrogens is 656 g/mol. The molecule has 0 aromatic heterocycles. The molecule has 5 atom stereocenters. The molecule has 266 valence electrons. The number of nitrogens with zero attached hydrogens (tertiary/aromatic N) is 1. The molecule has 0 unspecified atom stereocenters. The maximum absolute atomic E-state index is 14.2. The molecule has 0 radical (unpaired) electrons. The second-order valence-electron chi connectivity index (χ2n) is 14.2. The van der Waals surface area contributed by atoms with Crippen molar-refractivity contribution in [2.45, 2.75) is 113 Å². The third kappa shape index (κ3) is 8.86. The van der Waals surface area contributed by atoms with Crippen LogP contribution in [0.1, 0.15) is 99.3 Å². The van der Waals surface area contributed by atoms with E-state index >= 15 is 0 Å². The van der Waals surface area contributed by atoms with Crippen molar-refractivity contribution >= 4 is 46.1 Å². The van der Waals surface area contributed by atoms with Gasteiger partial charge in [-0.25, -0.2) is 18.0 Å². The Bertz CT molecular complexity index is 1620. The summed E-state index contributed by atoms with van der Waals surface area (Å²) in [6, 6.07) is 3.49. The maximum Gasteiger partial charge on any atom is 0.408 e. The van der Waals surface area contributed by atoms with Gasteiger partial charge in [-0.1, -0.05) is 37.1 Å². The summed E-state index contributed by atoms with van der Waals surface area (Å²) in [6.45, 7) is 4.90. The zero-order chi connectivity index (χ0) is 35.6. The van der Waals surface area contributed by atoms with E-state index in [0.29, 0.717) is 37.5 Å². The summed E-state index contributed by atoms with van der Waals surface area (Å²) >= 11 is 0. The molecule has 1 aromatic carbocycles. The number of hydrogen-bond acceptors (Lipinski definition) is 10. The van der Waals surface area contributed by atoms with Crippen LogP contribution in [0.4, 0.5) is 4.79 Å². The molecule has 4 amide bonds. The first-order valence-electron chi connectivity index (χ1n) is 16.7. The molecular formula is C34H44N4O10S. The second kappa shape index (κ2) is 14.3. The fourth-order valence-electron chi connectivity index (χ4n) is 6.21. The minimum Gasteiger partial charge on any atom is -0.457 e. The average molecular weight is 701 g/mol. The van der Waals surface area contributed by atoms with Crippen LogP contribution in [0.25, 0.3) is 0 Å². The lowest BCUT2D eigenvalue weighted by Gasteiger charge is -2.30. The molecule has 4 aliphatic rings. The van der Waals surface area contributed by atoms with Crippen LogP contribution < -0.4 is 15.4 Å². The molecule has 3 fully saturated rings. The number of allylic oxidation sites excluding steroid dienone is 1. The molecule has 2 saturated carbocycles. The third-order valence-corrected chi connectivity index (χ3v) is 10.9. The minimum atomic E-state index is -3.91. The summed E-state index contributed by atoms with van der Waals surface area (Å²) in [5.74, 6) is -3.34. The fraction of sp³-hybridized carbons (Fsp3) is 0.588. The largest absolute Gasteiger partial charge is 0.457 e. The van der Waals surface area contributed by atoms with Crippen LogP contribution in [0.3, 0.4) is 0 Å². The standard InChI is InChI=1S/C34H44N4O10S/c1-33(2,3)48-32(44)35-26-10-8-6-4-5-7-9-23-18-34(23,31(43)37-49(45,46)25-15-16-25)36-28(40)27-17-24(19-38(27)29(26)41)47-30(42)22-13-11-21(20-39)12-14-22/h7,9,11-14,20,23-27H,4-6,8,10,15-19H2,1-3H3,(H,35,44)(H,36,40)(H,37,43)/b9-7-/t23-,24-,26+,27+,34-/m1/s1. The SMILES string of the molecule is CC(C)(C)OC(=O)N[C@H]1CCCCC/C=C\[C@@H]2C[C@@]2(C(=O)NS(=O)(=O)C2CC2)NC(=O)[C@@H]2C[C@@H](OC(=O)c3ccc(C=O)cc3)CN2C1=O. The van der Waals surface area contributed by atoms with Crippen LogP contribution in [-0.4, -0.2) is 90.5 Å². The van der Waals surface area contributed by atoms with Gasteiger partial charge in [0.25, 0.3) is 5.91 Å². The highest BCUT2D eigenvalue weighted by Crippen LogP contribution is 2.46. The van der Waals surface area contributed by atoms with Crippen LogP contribution >= 0.6 is 0 Å². The third-order valence-electron chi connectivity index (χ3n) is 9.09. The Kier molecular flexibility index (Phi) is 10.5. The van der Waals surface area contributed by atoms with E-state index in [9.17, 15) is 37.2 Å². The monoisotopic (exact) mass is 700 g/mol. The van der Waals surface area contributed by atoms with E-state index in [0.717, 1.165) is 12.8 Å². The van der Waals surface area contributed by atoms with Gasteiger partial charge in [0.1, 0.15) is 35.6 Å². The molecule has 0 spiro atoms. The molecule has 1 aromatic rings. The zero-order valence-electron chi connectivity index (χ0n) is 27.9. The van der Waals surface area contributed by atoms with Crippen molar-refractivity contribution in [3.63, 3.8) is 0 Å². The number of sulfonamides is 1. The zero-order valence-corrected chi connectivity index (χ0v) is 28.8. The number of carbonyl (C=O) groups excluding carboxylic acids is 6. The fourth-order valence-corrected chi connectivity index (χ4v) is 7.58. The molecule has 2 heterocycles. The van der Waals surface area contributed by atoms with Crippen molar-refractivity contribution in [1.29, 1.82) is 0 Å². The molecule has 2 aliphatic heterocycles. The normalized spacial score (nSPS) is 28.3. The Morgan fingerprint density at radius 3 is 2.41 bits per heavy atom. The molecule has 3 N–H and O–H groups in total. The Balaban J connectivity index is 1.42. The van der Waals surface area contributed by atoms with Gasteiger partial charge < -0.3 is 25.0 Å². The summed E-state index contributed by atoms with van der Waals surface area (Å²) in [4.78, 5) is 80.0. The summed E-state index contributed by atoms with van der Waals surface area (Å²) < 4.78 is 38.7. The first-order valence-corrected chi connectivity index (χ1v) is 18.3. The van der Waals surface area contributed by atoms with E-state index < -0.39 is 80.3 Å². The number of hydrogen-bond donors (Lipinski definition) is 3. The molecule has 5 rings (SSSR count). The van der Waals surface area contributed by atoms with Crippen LogP contribution in [0.2, 0.25) is 0 Å². The van der Waals surface area contributed by atoms with Gasteiger partial charge >= 0.3 is 12.1 Å². The quantitative estimate of drug-likeness (QED) is 0.216. The minimum absolute atomic E-state index is 0.118. The van der Waals surface area contributed by atoms with Gasteiger partial charge in [-0.05, 0) is 71.4 Å².